The van der Waals surface area contributed by atoms with Crippen LogP contribution >= 0.6 is 12.2 Å². The van der Waals surface area contributed by atoms with Gasteiger partial charge in [0.05, 0.1) is 0 Å². The highest BCUT2D eigenvalue weighted by Crippen LogP contribution is 2.01. The molecule has 1 N–H and O–H groups in total. The minimum absolute atomic E-state index is 0.428. The molecule has 0 aliphatic carbocycles. The predicted molar refractivity (Wildman–Crippen MR) is 77.5 cm³/mol. The number of hydrogen-bond donors (Lipinski definition) is 1. The summed E-state index contributed by atoms with van der Waals surface area (Å²) in [4.78, 5) is 4.41. The average molecular weight is 261 g/mol. The Morgan fingerprint density at radius 3 is 2.53 bits per heavy atom. The van der Waals surface area contributed by atoms with Crippen LogP contribution in [-0.4, -0.2) is 68.4 Å². The van der Waals surface area contributed by atoms with E-state index in [4.69, 9.17) is 17.0 Å². The van der Waals surface area contributed by atoms with Crippen molar-refractivity contribution in [3.05, 3.63) is 0 Å². The Hall–Kier alpha value is -0.390. The molecule has 0 aromatic rings. The first-order chi connectivity index (χ1) is 8.02. The van der Waals surface area contributed by atoms with Crippen LogP contribution in [0.3, 0.4) is 0 Å². The maximum absolute atomic E-state index is 5.41. The van der Waals surface area contributed by atoms with E-state index in [0.717, 1.165) is 37.8 Å². The maximum atomic E-state index is 5.41. The van der Waals surface area contributed by atoms with Crippen molar-refractivity contribution in [2.24, 2.45) is 0 Å². The molecule has 0 amide bonds. The number of ether oxygens (including phenoxy) is 1. The lowest BCUT2D eigenvalue weighted by Gasteiger charge is -2.32. The van der Waals surface area contributed by atoms with Crippen LogP contribution in [0.2, 0.25) is 0 Å². The molecule has 0 heterocycles. The molecule has 4 nitrogen and oxygen atoms in total. The second kappa shape index (κ2) is 9.62. The van der Waals surface area contributed by atoms with Crippen molar-refractivity contribution in [3.8, 4) is 0 Å². The molecule has 0 aromatic carbocycles. The lowest BCUT2D eigenvalue weighted by molar-refractivity contribution is 0.195. The van der Waals surface area contributed by atoms with Gasteiger partial charge in [-0.3, -0.25) is 0 Å². The van der Waals surface area contributed by atoms with Gasteiger partial charge in [0.2, 0.25) is 0 Å². The molecule has 1 atom stereocenters. The lowest BCUT2D eigenvalue weighted by atomic mass is 10.3. The number of likely N-dealkylation sites (N-methyl/N-ethyl adjacent to an activating group) is 2. The van der Waals surface area contributed by atoms with Crippen molar-refractivity contribution in [3.63, 3.8) is 0 Å². The van der Waals surface area contributed by atoms with Crippen LogP contribution in [0.25, 0.3) is 0 Å². The van der Waals surface area contributed by atoms with E-state index >= 15 is 0 Å². The van der Waals surface area contributed by atoms with Crippen molar-refractivity contribution in [2.75, 3.05) is 47.4 Å². The van der Waals surface area contributed by atoms with Crippen LogP contribution in [0.15, 0.2) is 0 Å². The van der Waals surface area contributed by atoms with Gasteiger partial charge in [0, 0.05) is 39.4 Å². The molecule has 0 bridgehead atoms. The summed E-state index contributed by atoms with van der Waals surface area (Å²) in [6.07, 6.45) is 0.982. The number of nitrogens with zero attached hydrogens (tertiary/aromatic N) is 2. The van der Waals surface area contributed by atoms with Gasteiger partial charge in [-0.15, -0.1) is 0 Å². The maximum Gasteiger partial charge on any atom is 0.169 e. The molecule has 1 unspecified atom stereocenters. The second-order valence-corrected chi connectivity index (χ2v) is 4.86. The molecular weight excluding hydrogens is 234 g/mol. The topological polar surface area (TPSA) is 27.7 Å². The first-order valence-electron chi connectivity index (χ1n) is 6.21. The number of thiocarbonyl (C=S) groups is 1. The predicted octanol–water partition coefficient (Wildman–Crippen LogP) is 1.17. The van der Waals surface area contributed by atoms with Crippen LogP contribution in [0, 0.1) is 0 Å². The smallest absolute Gasteiger partial charge is 0.169 e. The third kappa shape index (κ3) is 7.52. The van der Waals surface area contributed by atoms with Crippen LogP contribution < -0.4 is 5.32 Å². The van der Waals surface area contributed by atoms with Crippen molar-refractivity contribution in [1.29, 1.82) is 0 Å². The first kappa shape index (κ1) is 16.6. The number of methoxy groups -OCH3 is 1. The van der Waals surface area contributed by atoms with E-state index in [9.17, 15) is 0 Å². The minimum atomic E-state index is 0.428. The summed E-state index contributed by atoms with van der Waals surface area (Å²) in [6.45, 7) is 7.92. The molecule has 0 aliphatic heterocycles. The molecule has 0 aliphatic rings. The van der Waals surface area contributed by atoms with Gasteiger partial charge in [0.25, 0.3) is 0 Å². The van der Waals surface area contributed by atoms with Gasteiger partial charge in [-0.2, -0.15) is 0 Å². The van der Waals surface area contributed by atoms with Gasteiger partial charge in [0.15, 0.2) is 5.11 Å². The van der Waals surface area contributed by atoms with E-state index in [1.165, 1.54) is 0 Å². The van der Waals surface area contributed by atoms with Crippen molar-refractivity contribution < 1.29 is 4.74 Å². The third-order valence-electron chi connectivity index (χ3n) is 2.56. The minimum Gasteiger partial charge on any atom is -0.385 e. The Morgan fingerprint density at radius 2 is 2.06 bits per heavy atom. The number of rotatable bonds is 8. The number of hydrogen-bond acceptors (Lipinski definition) is 3. The largest absolute Gasteiger partial charge is 0.385 e. The van der Waals surface area contributed by atoms with Crippen LogP contribution in [0.5, 0.6) is 0 Å². The van der Waals surface area contributed by atoms with Gasteiger partial charge >= 0.3 is 0 Å². The molecule has 102 valence electrons. The van der Waals surface area contributed by atoms with E-state index in [2.05, 4.69) is 43.1 Å². The fraction of sp³-hybridized carbons (Fsp3) is 0.917. The summed E-state index contributed by atoms with van der Waals surface area (Å²) in [5.74, 6) is 0. The van der Waals surface area contributed by atoms with Gasteiger partial charge < -0.3 is 19.9 Å². The molecule has 0 radical (unpaired) electrons. The van der Waals surface area contributed by atoms with E-state index < -0.39 is 0 Å². The molecule has 17 heavy (non-hydrogen) atoms. The lowest BCUT2D eigenvalue weighted by Crippen LogP contribution is -2.48. The zero-order valence-corrected chi connectivity index (χ0v) is 12.6. The monoisotopic (exact) mass is 261 g/mol. The second-order valence-electron chi connectivity index (χ2n) is 4.48. The summed E-state index contributed by atoms with van der Waals surface area (Å²) in [5, 5.41) is 4.13. The Morgan fingerprint density at radius 1 is 1.41 bits per heavy atom. The third-order valence-corrected chi connectivity index (χ3v) is 2.94. The summed E-state index contributed by atoms with van der Waals surface area (Å²) < 4.78 is 5.01. The van der Waals surface area contributed by atoms with Gasteiger partial charge in [-0.25, -0.2) is 0 Å². The fourth-order valence-electron chi connectivity index (χ4n) is 1.80. The molecule has 0 spiro atoms. The first-order valence-corrected chi connectivity index (χ1v) is 6.61. The zero-order valence-electron chi connectivity index (χ0n) is 11.8. The fourth-order valence-corrected chi connectivity index (χ4v) is 2.21. The summed E-state index contributed by atoms with van der Waals surface area (Å²) >= 11 is 5.41. The van der Waals surface area contributed by atoms with E-state index in [1.807, 2.05) is 0 Å². The van der Waals surface area contributed by atoms with Gasteiger partial charge in [-0.05, 0) is 46.6 Å². The Balaban J connectivity index is 4.02. The molecule has 0 saturated heterocycles. The highest BCUT2D eigenvalue weighted by molar-refractivity contribution is 7.80. The zero-order chi connectivity index (χ0) is 13.3. The van der Waals surface area contributed by atoms with Gasteiger partial charge in [0.1, 0.15) is 0 Å². The SMILES string of the molecule is CCN(C(=S)NCCCOC)C(C)CN(C)C. The summed E-state index contributed by atoms with van der Waals surface area (Å²) in [5.41, 5.74) is 0. The molecule has 0 aromatic heterocycles. The Kier molecular flexibility index (Phi) is 9.40. The van der Waals surface area contributed by atoms with Gasteiger partial charge in [-0.1, -0.05) is 0 Å². The normalized spacial score (nSPS) is 12.6. The number of nitrogens with one attached hydrogen (secondary N) is 1. The van der Waals surface area contributed by atoms with Crippen molar-refractivity contribution in [1.82, 2.24) is 15.1 Å². The molecule has 0 saturated carbocycles. The van der Waals surface area contributed by atoms with Crippen molar-refractivity contribution >= 4 is 17.3 Å². The average Bonchev–Trinajstić information content (AvgIpc) is 2.24. The molecule has 0 rings (SSSR count). The summed E-state index contributed by atoms with van der Waals surface area (Å²) in [6, 6.07) is 0.428. The van der Waals surface area contributed by atoms with Crippen LogP contribution in [0.1, 0.15) is 20.3 Å². The van der Waals surface area contributed by atoms with Crippen LogP contribution in [-0.2, 0) is 4.74 Å². The van der Waals surface area contributed by atoms with Crippen molar-refractivity contribution in [2.45, 2.75) is 26.3 Å². The quantitative estimate of drug-likeness (QED) is 0.523. The molecule has 5 heteroatoms. The van der Waals surface area contributed by atoms with E-state index in [0.29, 0.717) is 6.04 Å². The molecule has 0 fully saturated rings. The highest BCUT2D eigenvalue weighted by atomic mass is 32.1. The molecular formula is C12H27N3OS. The highest BCUT2D eigenvalue weighted by Gasteiger charge is 2.15. The van der Waals surface area contributed by atoms with E-state index in [-0.39, 0.29) is 0 Å². The standard InChI is InChI=1S/C12H27N3OS/c1-6-15(11(2)10-14(3)4)12(17)13-8-7-9-16-5/h11H,6-10H2,1-5H3,(H,13,17). The Bertz CT molecular complexity index is 212. The van der Waals surface area contributed by atoms with Crippen LogP contribution in [0.4, 0.5) is 0 Å². The van der Waals surface area contributed by atoms with E-state index in [1.54, 1.807) is 7.11 Å². The summed E-state index contributed by atoms with van der Waals surface area (Å²) in [7, 11) is 5.88. The Labute approximate surface area is 111 Å².